The van der Waals surface area contributed by atoms with Gasteiger partial charge in [-0.05, 0) is 43.5 Å². The summed E-state index contributed by atoms with van der Waals surface area (Å²) in [7, 11) is 0. The van der Waals surface area contributed by atoms with E-state index in [9.17, 15) is 19.3 Å². The van der Waals surface area contributed by atoms with Crippen molar-refractivity contribution >= 4 is 38.8 Å². The Balaban J connectivity index is 1.76. The number of para-hydroxylation sites is 1. The Morgan fingerprint density at radius 1 is 1.26 bits per heavy atom. The minimum atomic E-state index is -0.613. The van der Waals surface area contributed by atoms with Crippen molar-refractivity contribution in [3.05, 3.63) is 75.3 Å². The van der Waals surface area contributed by atoms with Crippen molar-refractivity contribution in [3.8, 4) is 0 Å². The molecule has 9 heteroatoms. The van der Waals surface area contributed by atoms with Gasteiger partial charge < -0.3 is 9.47 Å². The number of hydrogen-bond donors (Lipinski definition) is 0. The Bertz CT molecular complexity index is 1240. The molecule has 0 saturated carbocycles. The largest absolute Gasteiger partial charge is 0.366 e. The summed E-state index contributed by atoms with van der Waals surface area (Å²) in [6.45, 7) is 5.48. The number of amides is 1. The quantitative estimate of drug-likeness (QED) is 0.328. The molecule has 3 aromatic rings. The van der Waals surface area contributed by atoms with Gasteiger partial charge in [0.2, 0.25) is 0 Å². The number of allylic oxidation sites excluding steroid dienone is 1. The number of hydrogen-bond acceptors (Lipinski definition) is 5. The average molecular weight is 441 g/mol. The van der Waals surface area contributed by atoms with Crippen LogP contribution in [-0.4, -0.2) is 28.5 Å². The smallest absolute Gasteiger partial charge is 0.293 e. The molecule has 1 aliphatic heterocycles. The minimum Gasteiger partial charge on any atom is -0.366 e. The van der Waals surface area contributed by atoms with Crippen LogP contribution in [-0.2, 0) is 6.54 Å². The second-order valence-corrected chi connectivity index (χ2v) is 8.30. The van der Waals surface area contributed by atoms with Gasteiger partial charge in [0.15, 0.2) is 4.80 Å². The lowest BCUT2D eigenvalue weighted by Crippen LogP contribution is -2.30. The molecular formula is C22H21FN4O3S. The normalized spacial score (nSPS) is 14.7. The van der Waals surface area contributed by atoms with Gasteiger partial charge in [-0.1, -0.05) is 23.5 Å². The molecule has 0 radical (unpaired) electrons. The molecule has 1 aromatic heterocycles. The topological polar surface area (TPSA) is 80.7 Å². The predicted molar refractivity (Wildman–Crippen MR) is 119 cm³/mol. The average Bonchev–Trinajstić information content (AvgIpc) is 3.12. The molecule has 1 aliphatic rings. The molecule has 2 heterocycles. The fourth-order valence-corrected chi connectivity index (χ4v) is 4.88. The summed E-state index contributed by atoms with van der Waals surface area (Å²) >= 11 is 1.18. The third-order valence-corrected chi connectivity index (χ3v) is 6.32. The number of nitro benzene ring substituents is 1. The van der Waals surface area contributed by atoms with E-state index in [0.29, 0.717) is 20.7 Å². The summed E-state index contributed by atoms with van der Waals surface area (Å²) in [6.07, 6.45) is 4.68. The van der Waals surface area contributed by atoms with Crippen LogP contribution in [0, 0.1) is 15.9 Å². The highest BCUT2D eigenvalue weighted by Crippen LogP contribution is 2.31. The fraction of sp³-hybridized carbons (Fsp3) is 0.273. The molecule has 1 amide bonds. The lowest BCUT2D eigenvalue weighted by Gasteiger charge is -2.28. The number of benzene rings is 2. The van der Waals surface area contributed by atoms with Crippen LogP contribution < -0.4 is 9.70 Å². The molecule has 31 heavy (non-hydrogen) atoms. The van der Waals surface area contributed by atoms with Crippen LogP contribution in [0.4, 0.5) is 15.8 Å². The van der Waals surface area contributed by atoms with E-state index in [4.69, 9.17) is 0 Å². The van der Waals surface area contributed by atoms with Gasteiger partial charge in [-0.3, -0.25) is 14.9 Å². The third-order valence-electron chi connectivity index (χ3n) is 5.28. The van der Waals surface area contributed by atoms with E-state index >= 15 is 0 Å². The van der Waals surface area contributed by atoms with Gasteiger partial charge in [0, 0.05) is 31.3 Å². The lowest BCUT2D eigenvalue weighted by atomic mass is 10.1. The molecular weight excluding hydrogens is 419 g/mol. The first kappa shape index (κ1) is 20.9. The van der Waals surface area contributed by atoms with Crippen molar-refractivity contribution in [3.63, 3.8) is 0 Å². The lowest BCUT2D eigenvalue weighted by molar-refractivity contribution is -0.384. The monoisotopic (exact) mass is 440 g/mol. The number of carbonyl (C=O) groups is 1. The van der Waals surface area contributed by atoms with Crippen LogP contribution in [0.25, 0.3) is 10.2 Å². The zero-order valence-electron chi connectivity index (χ0n) is 16.8. The number of fused-ring (bicyclic) bond motifs is 1. The summed E-state index contributed by atoms with van der Waals surface area (Å²) in [5.74, 6) is -1.02. The zero-order valence-corrected chi connectivity index (χ0v) is 17.6. The van der Waals surface area contributed by atoms with Crippen molar-refractivity contribution in [1.29, 1.82) is 0 Å². The third kappa shape index (κ3) is 4.13. The van der Waals surface area contributed by atoms with Gasteiger partial charge in [-0.15, -0.1) is 6.58 Å². The Hall–Kier alpha value is -3.33. The number of rotatable bonds is 5. The molecule has 0 unspecified atom stereocenters. The Kier molecular flexibility index (Phi) is 5.94. The molecule has 0 spiro atoms. The number of aromatic nitrogens is 1. The maximum atomic E-state index is 14.4. The second kappa shape index (κ2) is 8.81. The summed E-state index contributed by atoms with van der Waals surface area (Å²) in [5, 5.41) is 11.7. The standard InChI is InChI=1S/C22H21FN4O3S/c1-2-11-26-20-16(23)7-6-8-19(20)31-22(26)24-21(28)15-9-10-17(18(14-15)27(29)30)25-12-4-3-5-13-25/h2,6-10,14H,1,3-5,11-13H2. The Morgan fingerprint density at radius 2 is 2.03 bits per heavy atom. The van der Waals surface area contributed by atoms with Crippen LogP contribution in [0.15, 0.2) is 54.0 Å². The van der Waals surface area contributed by atoms with Gasteiger partial charge in [-0.2, -0.15) is 4.99 Å². The SMILES string of the molecule is C=CCn1c(=NC(=O)c2ccc(N3CCCCC3)c([N+](=O)[O-])c2)sc2cccc(F)c21. The Labute approximate surface area is 181 Å². The van der Waals surface area contributed by atoms with E-state index in [2.05, 4.69) is 11.6 Å². The molecule has 1 saturated heterocycles. The maximum Gasteiger partial charge on any atom is 0.293 e. The highest BCUT2D eigenvalue weighted by Gasteiger charge is 2.23. The molecule has 0 atom stereocenters. The van der Waals surface area contributed by atoms with Gasteiger partial charge in [0.05, 0.1) is 15.1 Å². The highest BCUT2D eigenvalue weighted by molar-refractivity contribution is 7.16. The van der Waals surface area contributed by atoms with Crippen molar-refractivity contribution < 1.29 is 14.1 Å². The summed E-state index contributed by atoms with van der Waals surface area (Å²) < 4.78 is 16.6. The number of carbonyl (C=O) groups excluding carboxylic acids is 1. The molecule has 7 nitrogen and oxygen atoms in total. The number of thiazole rings is 1. The van der Waals surface area contributed by atoms with Crippen LogP contribution >= 0.6 is 11.3 Å². The molecule has 2 aromatic carbocycles. The van der Waals surface area contributed by atoms with E-state index in [1.807, 2.05) is 4.90 Å². The van der Waals surface area contributed by atoms with Crippen molar-refractivity contribution in [2.75, 3.05) is 18.0 Å². The molecule has 0 bridgehead atoms. The minimum absolute atomic E-state index is 0.107. The summed E-state index contributed by atoms with van der Waals surface area (Å²) in [5.41, 5.74) is 0.886. The van der Waals surface area contributed by atoms with E-state index in [1.54, 1.807) is 34.9 Å². The van der Waals surface area contributed by atoms with Gasteiger partial charge in [0.1, 0.15) is 11.5 Å². The summed E-state index contributed by atoms with van der Waals surface area (Å²) in [6, 6.07) is 9.17. The molecule has 160 valence electrons. The Morgan fingerprint density at radius 3 is 2.74 bits per heavy atom. The maximum absolute atomic E-state index is 14.4. The van der Waals surface area contributed by atoms with E-state index < -0.39 is 16.6 Å². The molecule has 4 rings (SSSR count). The molecule has 1 fully saturated rings. The van der Waals surface area contributed by atoms with Crippen LogP contribution in [0.1, 0.15) is 29.6 Å². The first-order valence-corrected chi connectivity index (χ1v) is 10.8. The number of halogens is 1. The van der Waals surface area contributed by atoms with Gasteiger partial charge >= 0.3 is 0 Å². The zero-order chi connectivity index (χ0) is 22.0. The number of nitro groups is 1. The highest BCUT2D eigenvalue weighted by atomic mass is 32.1. The van der Waals surface area contributed by atoms with E-state index in [0.717, 1.165) is 32.4 Å². The van der Waals surface area contributed by atoms with Crippen LogP contribution in [0.5, 0.6) is 0 Å². The number of piperidine rings is 1. The fourth-order valence-electron chi connectivity index (χ4n) is 3.83. The second-order valence-electron chi connectivity index (χ2n) is 7.30. The van der Waals surface area contributed by atoms with Gasteiger partial charge in [0.25, 0.3) is 11.6 Å². The van der Waals surface area contributed by atoms with Gasteiger partial charge in [-0.25, -0.2) is 4.39 Å². The first-order valence-electron chi connectivity index (χ1n) is 10.0. The van der Waals surface area contributed by atoms with Crippen LogP contribution in [0.3, 0.4) is 0 Å². The molecule has 0 aliphatic carbocycles. The summed E-state index contributed by atoms with van der Waals surface area (Å²) in [4.78, 5) is 30.5. The first-order chi connectivity index (χ1) is 15.0. The number of nitrogens with zero attached hydrogens (tertiary/aromatic N) is 4. The van der Waals surface area contributed by atoms with Crippen molar-refractivity contribution in [2.45, 2.75) is 25.8 Å². The number of anilines is 1. The van der Waals surface area contributed by atoms with Crippen LogP contribution in [0.2, 0.25) is 0 Å². The predicted octanol–water partition coefficient (Wildman–Crippen LogP) is 4.67. The van der Waals surface area contributed by atoms with Crippen molar-refractivity contribution in [1.82, 2.24) is 4.57 Å². The molecule has 0 N–H and O–H groups in total. The van der Waals surface area contributed by atoms with Crippen molar-refractivity contribution in [2.24, 2.45) is 4.99 Å². The van der Waals surface area contributed by atoms with E-state index in [1.165, 1.54) is 23.5 Å². The van der Waals surface area contributed by atoms with E-state index in [-0.39, 0.29) is 17.8 Å².